The number of nitrogens with zero attached hydrogens (tertiary/aromatic N) is 2. The van der Waals surface area contributed by atoms with Gasteiger partial charge < -0.3 is 4.90 Å². The zero-order valence-corrected chi connectivity index (χ0v) is 7.62. The molecule has 2 heterocycles. The van der Waals surface area contributed by atoms with Crippen LogP contribution in [0.25, 0.3) is 0 Å². The molecule has 0 aromatic rings. The highest BCUT2D eigenvalue weighted by molar-refractivity contribution is 6.01. The van der Waals surface area contributed by atoms with Crippen molar-refractivity contribution in [1.29, 1.82) is 0 Å². The maximum atomic E-state index is 11.4. The van der Waals surface area contributed by atoms with E-state index < -0.39 is 0 Å². The lowest BCUT2D eigenvalue weighted by Gasteiger charge is -2.40. The second kappa shape index (κ2) is 3.08. The third kappa shape index (κ3) is 1.57. The molecule has 1 atom stereocenters. The summed E-state index contributed by atoms with van der Waals surface area (Å²) >= 11 is 0. The fourth-order valence-corrected chi connectivity index (χ4v) is 1.84. The molecule has 2 amide bonds. The van der Waals surface area contributed by atoms with Gasteiger partial charge in [-0.05, 0) is 7.05 Å². The van der Waals surface area contributed by atoms with Gasteiger partial charge in [-0.25, -0.2) is 0 Å². The number of piperazine rings is 2. The summed E-state index contributed by atoms with van der Waals surface area (Å²) in [5, 5.41) is 2.35. The van der Waals surface area contributed by atoms with E-state index in [0.717, 1.165) is 19.6 Å². The molecule has 13 heavy (non-hydrogen) atoms. The normalized spacial score (nSPS) is 31.3. The van der Waals surface area contributed by atoms with Crippen LogP contribution in [0.1, 0.15) is 0 Å². The molecule has 5 heteroatoms. The van der Waals surface area contributed by atoms with Gasteiger partial charge in [0.25, 0.3) is 0 Å². The molecule has 1 unspecified atom stereocenters. The van der Waals surface area contributed by atoms with Gasteiger partial charge in [0.2, 0.25) is 11.8 Å². The first-order valence-corrected chi connectivity index (χ1v) is 4.43. The van der Waals surface area contributed by atoms with E-state index in [1.54, 1.807) is 0 Å². The van der Waals surface area contributed by atoms with Gasteiger partial charge in [-0.3, -0.25) is 19.8 Å². The first-order chi connectivity index (χ1) is 6.16. The second-order valence-electron chi connectivity index (χ2n) is 3.66. The summed E-state index contributed by atoms with van der Waals surface area (Å²) in [6, 6.07) is -0.128. The van der Waals surface area contributed by atoms with Crippen molar-refractivity contribution in [2.45, 2.75) is 6.04 Å². The Morgan fingerprint density at radius 3 is 2.92 bits per heavy atom. The molecular formula is C8H13N3O2. The maximum absolute atomic E-state index is 11.4. The molecule has 2 saturated heterocycles. The lowest BCUT2D eigenvalue weighted by atomic mass is 10.1. The Kier molecular flexibility index (Phi) is 2.05. The average molecular weight is 183 g/mol. The molecule has 2 aliphatic heterocycles. The van der Waals surface area contributed by atoms with Gasteiger partial charge in [-0.1, -0.05) is 0 Å². The Labute approximate surface area is 76.7 Å². The topological polar surface area (TPSA) is 52.6 Å². The van der Waals surface area contributed by atoms with Crippen LogP contribution < -0.4 is 5.32 Å². The zero-order chi connectivity index (χ0) is 9.42. The summed E-state index contributed by atoms with van der Waals surface area (Å²) in [6.45, 7) is 2.82. The third-order valence-corrected chi connectivity index (χ3v) is 2.61. The van der Waals surface area contributed by atoms with Crippen LogP contribution in [0.4, 0.5) is 0 Å². The number of fused-ring (bicyclic) bond motifs is 1. The Morgan fingerprint density at radius 2 is 2.15 bits per heavy atom. The van der Waals surface area contributed by atoms with E-state index in [2.05, 4.69) is 10.2 Å². The Balaban J connectivity index is 2.11. The minimum absolute atomic E-state index is 0.128. The number of imide groups is 1. The molecule has 0 radical (unpaired) electrons. The van der Waals surface area contributed by atoms with Gasteiger partial charge >= 0.3 is 0 Å². The van der Waals surface area contributed by atoms with Crippen molar-refractivity contribution < 1.29 is 9.59 Å². The van der Waals surface area contributed by atoms with Crippen LogP contribution in [-0.2, 0) is 9.59 Å². The molecule has 2 fully saturated rings. The predicted molar refractivity (Wildman–Crippen MR) is 46.0 cm³/mol. The molecule has 0 aromatic carbocycles. The second-order valence-corrected chi connectivity index (χ2v) is 3.66. The van der Waals surface area contributed by atoms with Crippen molar-refractivity contribution >= 4 is 11.8 Å². The highest BCUT2D eigenvalue weighted by Crippen LogP contribution is 2.10. The molecule has 5 nitrogen and oxygen atoms in total. The molecule has 0 aliphatic carbocycles. The van der Waals surface area contributed by atoms with Crippen molar-refractivity contribution in [1.82, 2.24) is 15.1 Å². The number of likely N-dealkylation sites (N-methyl/N-ethyl adjacent to an activating group) is 1. The molecule has 0 bridgehead atoms. The summed E-state index contributed by atoms with van der Waals surface area (Å²) in [5.74, 6) is -0.325. The van der Waals surface area contributed by atoms with Crippen LogP contribution in [0, 0.1) is 0 Å². The molecular weight excluding hydrogens is 170 g/mol. The largest absolute Gasteiger partial charge is 0.303 e. The van der Waals surface area contributed by atoms with Gasteiger partial charge in [-0.15, -0.1) is 0 Å². The summed E-state index contributed by atoms with van der Waals surface area (Å²) in [4.78, 5) is 26.5. The number of hydrogen-bond acceptors (Lipinski definition) is 4. The van der Waals surface area contributed by atoms with Gasteiger partial charge in [0, 0.05) is 19.6 Å². The molecule has 0 spiro atoms. The van der Waals surface area contributed by atoms with Crippen LogP contribution in [0.5, 0.6) is 0 Å². The fraction of sp³-hybridized carbons (Fsp3) is 0.750. The molecule has 0 saturated carbocycles. The van der Waals surface area contributed by atoms with E-state index in [1.165, 1.54) is 0 Å². The Morgan fingerprint density at radius 1 is 1.38 bits per heavy atom. The Hall–Kier alpha value is -0.940. The quantitative estimate of drug-likeness (QED) is 0.453. The summed E-state index contributed by atoms with van der Waals surface area (Å²) in [7, 11) is 1.99. The monoisotopic (exact) mass is 183 g/mol. The first-order valence-electron chi connectivity index (χ1n) is 4.43. The molecule has 72 valence electrons. The van der Waals surface area contributed by atoms with E-state index in [0.29, 0.717) is 6.54 Å². The standard InChI is InChI=1S/C8H13N3O2/c1-10-2-3-11-5-7(12)9-8(13)6(11)4-10/h6H,2-5H2,1H3,(H,9,12,13). The highest BCUT2D eigenvalue weighted by atomic mass is 16.2. The number of amides is 2. The minimum Gasteiger partial charge on any atom is -0.303 e. The predicted octanol–water partition coefficient (Wildman–Crippen LogP) is -1.74. The lowest BCUT2D eigenvalue weighted by molar-refractivity contribution is -0.142. The first kappa shape index (κ1) is 8.65. The molecule has 2 aliphatic rings. The Bertz CT molecular complexity index is 254. The van der Waals surface area contributed by atoms with Crippen LogP contribution >= 0.6 is 0 Å². The third-order valence-electron chi connectivity index (χ3n) is 2.61. The molecule has 1 N–H and O–H groups in total. The van der Waals surface area contributed by atoms with Crippen molar-refractivity contribution in [2.75, 3.05) is 33.2 Å². The number of rotatable bonds is 0. The van der Waals surface area contributed by atoms with Gasteiger partial charge in [0.15, 0.2) is 0 Å². The number of nitrogens with one attached hydrogen (secondary N) is 1. The summed E-state index contributed by atoms with van der Waals surface area (Å²) in [6.07, 6.45) is 0. The van der Waals surface area contributed by atoms with E-state index in [9.17, 15) is 9.59 Å². The van der Waals surface area contributed by atoms with Gasteiger partial charge in [0.1, 0.15) is 6.04 Å². The van der Waals surface area contributed by atoms with Crippen molar-refractivity contribution in [2.24, 2.45) is 0 Å². The maximum Gasteiger partial charge on any atom is 0.245 e. The van der Waals surface area contributed by atoms with Gasteiger partial charge in [0.05, 0.1) is 6.54 Å². The van der Waals surface area contributed by atoms with Crippen molar-refractivity contribution in [3.8, 4) is 0 Å². The van der Waals surface area contributed by atoms with Crippen molar-refractivity contribution in [3.05, 3.63) is 0 Å². The SMILES string of the molecule is CN1CCN2CC(=O)NC(=O)C2C1. The smallest absolute Gasteiger partial charge is 0.245 e. The van der Waals surface area contributed by atoms with Crippen molar-refractivity contribution in [3.63, 3.8) is 0 Å². The van der Waals surface area contributed by atoms with E-state index in [1.807, 2.05) is 11.9 Å². The average Bonchev–Trinajstić information content (AvgIpc) is 2.06. The number of hydrogen-bond donors (Lipinski definition) is 1. The number of carbonyl (C=O) groups excluding carboxylic acids is 2. The molecule has 2 rings (SSSR count). The van der Waals surface area contributed by atoms with Crippen LogP contribution in [0.3, 0.4) is 0 Å². The lowest BCUT2D eigenvalue weighted by Crippen LogP contribution is -2.64. The summed E-state index contributed by atoms with van der Waals surface area (Å²) in [5.41, 5.74) is 0. The van der Waals surface area contributed by atoms with E-state index in [4.69, 9.17) is 0 Å². The van der Waals surface area contributed by atoms with E-state index in [-0.39, 0.29) is 17.9 Å². The summed E-state index contributed by atoms with van der Waals surface area (Å²) < 4.78 is 0. The van der Waals surface area contributed by atoms with E-state index >= 15 is 0 Å². The van der Waals surface area contributed by atoms with Crippen LogP contribution in [0.2, 0.25) is 0 Å². The van der Waals surface area contributed by atoms with Crippen LogP contribution in [-0.4, -0.2) is 60.9 Å². The minimum atomic E-state index is -0.175. The fourth-order valence-electron chi connectivity index (χ4n) is 1.84. The molecule has 0 aromatic heterocycles. The zero-order valence-electron chi connectivity index (χ0n) is 7.62. The highest BCUT2D eigenvalue weighted by Gasteiger charge is 2.36. The van der Waals surface area contributed by atoms with Gasteiger partial charge in [-0.2, -0.15) is 0 Å². The number of carbonyl (C=O) groups is 2. The van der Waals surface area contributed by atoms with Crippen LogP contribution in [0.15, 0.2) is 0 Å².